The zero-order chi connectivity index (χ0) is 13.7. The average molecular weight is 258 g/mol. The molecule has 0 unspecified atom stereocenters. The van der Waals surface area contributed by atoms with E-state index in [9.17, 15) is 9.18 Å². The minimum absolute atomic E-state index is 0.0776. The molecule has 1 amide bonds. The molecule has 0 N–H and O–H groups in total. The van der Waals surface area contributed by atoms with Gasteiger partial charge in [-0.05, 0) is 29.3 Å². The van der Waals surface area contributed by atoms with Gasteiger partial charge in [-0.3, -0.25) is 9.78 Å². The molecule has 2 rings (SSSR count). The third-order valence-electron chi connectivity index (χ3n) is 2.89. The highest BCUT2D eigenvalue weighted by Crippen LogP contribution is 2.09. The zero-order valence-corrected chi connectivity index (χ0v) is 10.7. The van der Waals surface area contributed by atoms with Crippen molar-refractivity contribution in [2.24, 2.45) is 0 Å². The Morgan fingerprint density at radius 2 is 1.89 bits per heavy atom. The number of nitrogens with zero attached hydrogens (tertiary/aromatic N) is 2. The summed E-state index contributed by atoms with van der Waals surface area (Å²) in [6.07, 6.45) is 3.45. The first kappa shape index (κ1) is 13.2. The standard InChI is InChI=1S/C15H15FN2O/c1-18(11-12-6-8-17-9-7-12)15(19)10-13-4-2-3-5-14(13)16/h2-9H,10-11H2,1H3. The maximum atomic E-state index is 13.5. The number of carbonyl (C=O) groups is 1. The van der Waals surface area contributed by atoms with Gasteiger partial charge < -0.3 is 4.90 Å². The van der Waals surface area contributed by atoms with Crippen LogP contribution in [0.2, 0.25) is 0 Å². The fourth-order valence-corrected chi connectivity index (χ4v) is 1.79. The zero-order valence-electron chi connectivity index (χ0n) is 10.7. The number of likely N-dealkylation sites (N-methyl/N-ethyl adjacent to an activating group) is 1. The molecule has 0 fully saturated rings. The number of hydrogen-bond acceptors (Lipinski definition) is 2. The van der Waals surface area contributed by atoms with Gasteiger partial charge in [-0.15, -0.1) is 0 Å². The molecule has 0 saturated carbocycles. The average Bonchev–Trinajstić information content (AvgIpc) is 2.42. The first-order chi connectivity index (χ1) is 9.16. The van der Waals surface area contributed by atoms with E-state index in [1.165, 1.54) is 6.07 Å². The topological polar surface area (TPSA) is 33.2 Å². The third-order valence-corrected chi connectivity index (χ3v) is 2.89. The van der Waals surface area contributed by atoms with Crippen molar-refractivity contribution in [1.29, 1.82) is 0 Å². The number of halogens is 1. The van der Waals surface area contributed by atoms with Crippen molar-refractivity contribution in [3.63, 3.8) is 0 Å². The molecule has 1 aromatic heterocycles. The van der Waals surface area contributed by atoms with Gasteiger partial charge >= 0.3 is 0 Å². The normalized spacial score (nSPS) is 10.2. The molecular formula is C15H15FN2O. The summed E-state index contributed by atoms with van der Waals surface area (Å²) in [5.74, 6) is -0.449. The molecule has 0 spiro atoms. The van der Waals surface area contributed by atoms with Crippen LogP contribution in [0.5, 0.6) is 0 Å². The van der Waals surface area contributed by atoms with Crippen molar-refractivity contribution in [3.8, 4) is 0 Å². The van der Waals surface area contributed by atoms with E-state index in [4.69, 9.17) is 0 Å². The smallest absolute Gasteiger partial charge is 0.227 e. The summed E-state index contributed by atoms with van der Waals surface area (Å²) < 4.78 is 13.5. The Kier molecular flexibility index (Phi) is 4.23. The maximum Gasteiger partial charge on any atom is 0.227 e. The minimum atomic E-state index is -0.340. The Bertz CT molecular complexity index is 557. The molecule has 0 atom stereocenters. The Balaban J connectivity index is 1.99. The minimum Gasteiger partial charge on any atom is -0.341 e. The molecule has 1 heterocycles. The van der Waals surface area contributed by atoms with Gasteiger partial charge in [0.25, 0.3) is 0 Å². The van der Waals surface area contributed by atoms with E-state index in [2.05, 4.69) is 4.98 Å². The number of carbonyl (C=O) groups excluding carboxylic acids is 1. The van der Waals surface area contributed by atoms with Crippen LogP contribution in [-0.2, 0) is 17.8 Å². The van der Waals surface area contributed by atoms with Crippen LogP contribution in [0.1, 0.15) is 11.1 Å². The van der Waals surface area contributed by atoms with Gasteiger partial charge in [-0.1, -0.05) is 18.2 Å². The highest BCUT2D eigenvalue weighted by Gasteiger charge is 2.12. The Hall–Kier alpha value is -2.23. The number of rotatable bonds is 4. The van der Waals surface area contributed by atoms with Crippen LogP contribution >= 0.6 is 0 Å². The second-order valence-electron chi connectivity index (χ2n) is 4.37. The summed E-state index contributed by atoms with van der Waals surface area (Å²) in [6, 6.07) is 10.1. The molecule has 0 bridgehead atoms. The molecule has 0 aliphatic carbocycles. The second-order valence-corrected chi connectivity index (χ2v) is 4.37. The van der Waals surface area contributed by atoms with Crippen molar-refractivity contribution >= 4 is 5.91 Å². The van der Waals surface area contributed by atoms with Gasteiger partial charge in [-0.2, -0.15) is 0 Å². The van der Waals surface area contributed by atoms with Gasteiger partial charge in [0.1, 0.15) is 5.82 Å². The van der Waals surface area contributed by atoms with Gasteiger partial charge in [0.05, 0.1) is 6.42 Å². The van der Waals surface area contributed by atoms with Gasteiger partial charge in [0.15, 0.2) is 0 Å². The number of pyridine rings is 1. The summed E-state index contributed by atoms with van der Waals surface area (Å²) in [6.45, 7) is 0.496. The molecule has 1 aromatic carbocycles. The first-order valence-corrected chi connectivity index (χ1v) is 6.03. The van der Waals surface area contributed by atoms with Crippen LogP contribution in [0.4, 0.5) is 4.39 Å². The molecule has 3 nitrogen and oxygen atoms in total. The fraction of sp³-hybridized carbons (Fsp3) is 0.200. The Morgan fingerprint density at radius 3 is 2.58 bits per heavy atom. The van der Waals surface area contributed by atoms with E-state index in [-0.39, 0.29) is 18.1 Å². The van der Waals surface area contributed by atoms with Crippen LogP contribution < -0.4 is 0 Å². The van der Waals surface area contributed by atoms with Gasteiger partial charge in [-0.25, -0.2) is 4.39 Å². The second kappa shape index (κ2) is 6.09. The van der Waals surface area contributed by atoms with E-state index in [1.54, 1.807) is 42.5 Å². The van der Waals surface area contributed by atoms with Crippen LogP contribution in [0, 0.1) is 5.82 Å². The van der Waals surface area contributed by atoms with Crippen LogP contribution in [-0.4, -0.2) is 22.8 Å². The van der Waals surface area contributed by atoms with E-state index >= 15 is 0 Å². The molecule has 0 aliphatic rings. The molecule has 0 saturated heterocycles. The number of aromatic nitrogens is 1. The predicted octanol–water partition coefficient (Wildman–Crippen LogP) is 2.42. The summed E-state index contributed by atoms with van der Waals surface area (Å²) in [5, 5.41) is 0. The first-order valence-electron chi connectivity index (χ1n) is 6.03. The quantitative estimate of drug-likeness (QED) is 0.843. The van der Waals surface area contributed by atoms with Crippen LogP contribution in [0.15, 0.2) is 48.8 Å². The lowest BCUT2D eigenvalue weighted by Crippen LogP contribution is -2.28. The van der Waals surface area contributed by atoms with Crippen molar-refractivity contribution < 1.29 is 9.18 Å². The number of amides is 1. The predicted molar refractivity (Wildman–Crippen MR) is 70.8 cm³/mol. The van der Waals surface area contributed by atoms with E-state index in [0.29, 0.717) is 12.1 Å². The Morgan fingerprint density at radius 1 is 1.21 bits per heavy atom. The maximum absolute atomic E-state index is 13.5. The molecule has 98 valence electrons. The lowest BCUT2D eigenvalue weighted by Gasteiger charge is -2.17. The molecule has 4 heteroatoms. The van der Waals surface area contributed by atoms with E-state index in [1.807, 2.05) is 12.1 Å². The van der Waals surface area contributed by atoms with Crippen molar-refractivity contribution in [2.45, 2.75) is 13.0 Å². The van der Waals surface area contributed by atoms with Crippen molar-refractivity contribution in [3.05, 3.63) is 65.7 Å². The highest BCUT2D eigenvalue weighted by atomic mass is 19.1. The SMILES string of the molecule is CN(Cc1ccncc1)C(=O)Cc1ccccc1F. The van der Waals surface area contributed by atoms with E-state index < -0.39 is 0 Å². The molecular weight excluding hydrogens is 243 g/mol. The van der Waals surface area contributed by atoms with Gasteiger partial charge in [0, 0.05) is 26.0 Å². The molecule has 2 aromatic rings. The summed E-state index contributed by atoms with van der Waals surface area (Å²) in [7, 11) is 1.71. The van der Waals surface area contributed by atoms with Crippen LogP contribution in [0.25, 0.3) is 0 Å². The number of benzene rings is 1. The summed E-state index contributed by atoms with van der Waals surface area (Å²) in [4.78, 5) is 17.5. The lowest BCUT2D eigenvalue weighted by atomic mass is 10.1. The van der Waals surface area contributed by atoms with Gasteiger partial charge in [0.2, 0.25) is 5.91 Å². The highest BCUT2D eigenvalue weighted by molar-refractivity contribution is 5.78. The summed E-state index contributed by atoms with van der Waals surface area (Å²) >= 11 is 0. The van der Waals surface area contributed by atoms with E-state index in [0.717, 1.165) is 5.56 Å². The molecule has 0 aliphatic heterocycles. The molecule has 0 radical (unpaired) electrons. The summed E-state index contributed by atoms with van der Waals surface area (Å²) in [5.41, 5.74) is 1.42. The fourth-order valence-electron chi connectivity index (χ4n) is 1.79. The molecule has 19 heavy (non-hydrogen) atoms. The number of hydrogen-bond donors (Lipinski definition) is 0. The monoisotopic (exact) mass is 258 g/mol. The van der Waals surface area contributed by atoms with Crippen molar-refractivity contribution in [1.82, 2.24) is 9.88 Å². The third kappa shape index (κ3) is 3.61. The van der Waals surface area contributed by atoms with Crippen molar-refractivity contribution in [2.75, 3.05) is 7.05 Å². The van der Waals surface area contributed by atoms with Crippen LogP contribution in [0.3, 0.4) is 0 Å². The largest absolute Gasteiger partial charge is 0.341 e. The lowest BCUT2D eigenvalue weighted by molar-refractivity contribution is -0.129. The Labute approximate surface area is 111 Å².